The fraction of sp³-hybridized carbons (Fsp3) is 0.724. The van der Waals surface area contributed by atoms with Crippen molar-refractivity contribution in [2.24, 2.45) is 5.92 Å². The molecule has 1 aliphatic carbocycles. The summed E-state index contributed by atoms with van der Waals surface area (Å²) in [6.45, 7) is 5.93. The predicted molar refractivity (Wildman–Crippen MR) is 137 cm³/mol. The van der Waals surface area contributed by atoms with E-state index in [1.807, 2.05) is 12.1 Å². The van der Waals surface area contributed by atoms with E-state index >= 15 is 0 Å². The third-order valence-corrected chi connectivity index (χ3v) is 9.52. The van der Waals surface area contributed by atoms with Crippen LogP contribution in [0.25, 0.3) is 0 Å². The molecule has 2 saturated heterocycles. The van der Waals surface area contributed by atoms with Crippen LogP contribution >= 0.6 is 0 Å². The van der Waals surface area contributed by atoms with Crippen molar-refractivity contribution < 1.29 is 43.1 Å². The van der Waals surface area contributed by atoms with Gasteiger partial charge in [-0.05, 0) is 61.4 Å². The molecule has 1 aromatic rings. The van der Waals surface area contributed by atoms with Crippen LogP contribution in [0, 0.1) is 5.92 Å². The van der Waals surface area contributed by atoms with Gasteiger partial charge in [0.2, 0.25) is 12.6 Å². The molecule has 5 heterocycles. The molecule has 1 N–H and O–H groups in total. The molecule has 0 radical (unpaired) electrons. The summed E-state index contributed by atoms with van der Waals surface area (Å²) < 4.78 is 35.5. The van der Waals surface area contributed by atoms with Crippen molar-refractivity contribution in [2.45, 2.75) is 93.8 Å². The molecule has 6 atom stereocenters. The molecule has 6 aliphatic rings. The van der Waals surface area contributed by atoms with Crippen molar-refractivity contribution >= 4 is 11.9 Å². The molecular formula is C29H39NO9. The molecule has 1 aromatic carbocycles. The zero-order chi connectivity index (χ0) is 27.6. The van der Waals surface area contributed by atoms with Crippen molar-refractivity contribution in [3.8, 4) is 11.5 Å². The number of rotatable bonds is 9. The molecule has 5 aliphatic heterocycles. The molecule has 39 heavy (non-hydrogen) atoms. The smallest absolute Gasteiger partial charge is 0.339 e. The lowest BCUT2D eigenvalue weighted by molar-refractivity contribution is -0.284. The van der Waals surface area contributed by atoms with Crippen LogP contribution in [0.2, 0.25) is 0 Å². The summed E-state index contributed by atoms with van der Waals surface area (Å²) in [7, 11) is 2.83. The number of nitrogens with zero attached hydrogens (tertiary/aromatic N) is 1. The number of carbonyl (C=O) groups is 2. The van der Waals surface area contributed by atoms with E-state index in [9.17, 15) is 14.7 Å². The van der Waals surface area contributed by atoms with Gasteiger partial charge in [-0.1, -0.05) is 20.3 Å². The average Bonchev–Trinajstić information content (AvgIpc) is 3.52. The van der Waals surface area contributed by atoms with E-state index in [4.69, 9.17) is 28.4 Å². The minimum atomic E-state index is -2.02. The lowest BCUT2D eigenvalue weighted by Crippen LogP contribution is -2.52. The first-order chi connectivity index (χ1) is 18.6. The Hall–Kier alpha value is -2.40. The van der Waals surface area contributed by atoms with Crippen molar-refractivity contribution in [2.75, 3.05) is 34.1 Å². The maximum absolute atomic E-state index is 13.9. The summed E-state index contributed by atoms with van der Waals surface area (Å²) in [6.07, 6.45) is 2.28. The Morgan fingerprint density at radius 3 is 2.64 bits per heavy atom. The number of methoxy groups -OCH3 is 2. The second-order valence-electron chi connectivity index (χ2n) is 12.2. The molecule has 10 nitrogen and oxygen atoms in total. The highest BCUT2D eigenvalue weighted by atomic mass is 16.7. The molecule has 0 aromatic heterocycles. The summed E-state index contributed by atoms with van der Waals surface area (Å²) in [5.41, 5.74) is -0.377. The van der Waals surface area contributed by atoms with Crippen molar-refractivity contribution in [3.63, 3.8) is 0 Å². The lowest BCUT2D eigenvalue weighted by atomic mass is 9.78. The van der Waals surface area contributed by atoms with Crippen LogP contribution in [0.3, 0.4) is 0 Å². The molecule has 4 bridgehead atoms. The SMILES string of the molecule is COC(=O)C[C@](O)(CCCC(C)C)C(=O)O[C@H]1[C@H]2c3cc4c(cc3[C@H]3CN5CCC[C@]25C[C@@]1(OC)O3)OCO4. The Balaban J connectivity index is 1.41. The van der Waals surface area contributed by atoms with Crippen molar-refractivity contribution in [1.29, 1.82) is 0 Å². The molecule has 7 rings (SSSR count). The first kappa shape index (κ1) is 26.8. The van der Waals surface area contributed by atoms with Crippen molar-refractivity contribution in [3.05, 3.63) is 23.3 Å². The van der Waals surface area contributed by atoms with Crippen LogP contribution in [0.5, 0.6) is 11.5 Å². The fourth-order valence-electron chi connectivity index (χ4n) is 7.67. The van der Waals surface area contributed by atoms with Crippen LogP contribution in [-0.4, -0.2) is 79.1 Å². The summed E-state index contributed by atoms with van der Waals surface area (Å²) >= 11 is 0. The number of ether oxygens (including phenoxy) is 6. The number of benzene rings is 1. The molecule has 10 heteroatoms. The van der Waals surface area contributed by atoms with Crippen molar-refractivity contribution in [1.82, 2.24) is 4.90 Å². The van der Waals surface area contributed by atoms with E-state index in [0.717, 1.165) is 36.9 Å². The maximum Gasteiger partial charge on any atom is 0.339 e. The summed E-state index contributed by atoms with van der Waals surface area (Å²) in [5.74, 6) is -1.28. The van der Waals surface area contributed by atoms with Gasteiger partial charge in [0.15, 0.2) is 23.2 Å². The minimum absolute atomic E-state index is 0.0898. The van der Waals surface area contributed by atoms with Crippen LogP contribution in [-0.2, 0) is 28.5 Å². The predicted octanol–water partition coefficient (Wildman–Crippen LogP) is 3.20. The quantitative estimate of drug-likeness (QED) is 0.464. The highest BCUT2D eigenvalue weighted by Crippen LogP contribution is 2.65. The van der Waals surface area contributed by atoms with Gasteiger partial charge in [0, 0.05) is 31.5 Å². The third-order valence-electron chi connectivity index (χ3n) is 9.52. The van der Waals surface area contributed by atoms with E-state index in [1.165, 1.54) is 7.11 Å². The molecule has 1 saturated carbocycles. The minimum Gasteiger partial charge on any atom is -0.469 e. The number of hydrogen-bond donors (Lipinski definition) is 1. The largest absolute Gasteiger partial charge is 0.469 e. The van der Waals surface area contributed by atoms with E-state index < -0.39 is 35.9 Å². The molecule has 1 spiro atoms. The fourth-order valence-corrected chi connectivity index (χ4v) is 7.67. The van der Waals surface area contributed by atoms with E-state index in [-0.39, 0.29) is 30.8 Å². The third kappa shape index (κ3) is 4.13. The average molecular weight is 546 g/mol. The standard InChI is InChI=1S/C29H39NO9/c1-17(2)7-5-9-28(33,13-23(31)34-3)26(32)38-25-24-19-12-21-20(36-16-37-21)11-18(19)22-14-30-10-6-8-27(24,30)15-29(25,35-4)39-22/h11-12,17,22,24-25,33H,5-10,13-16H2,1-4H3/t22-,24-,25+,27+,28-,29-/m1/s1. The van der Waals surface area contributed by atoms with Gasteiger partial charge < -0.3 is 33.5 Å². The Morgan fingerprint density at radius 1 is 1.21 bits per heavy atom. The molecule has 0 amide bonds. The second kappa shape index (κ2) is 9.61. The number of fused-ring (bicyclic) bond motifs is 1. The van der Waals surface area contributed by atoms with Crippen LogP contribution in [0.4, 0.5) is 0 Å². The molecular weight excluding hydrogens is 506 g/mol. The van der Waals surface area contributed by atoms with E-state index in [2.05, 4.69) is 18.7 Å². The lowest BCUT2D eigenvalue weighted by Gasteiger charge is -2.40. The number of carbonyl (C=O) groups excluding carboxylic acids is 2. The Kier molecular flexibility index (Phi) is 6.60. The first-order valence-corrected chi connectivity index (χ1v) is 14.1. The number of esters is 2. The molecule has 0 unspecified atom stereocenters. The van der Waals surface area contributed by atoms with E-state index in [1.54, 1.807) is 7.11 Å². The highest BCUT2D eigenvalue weighted by molar-refractivity contribution is 5.86. The van der Waals surface area contributed by atoms with Gasteiger partial charge in [-0.15, -0.1) is 0 Å². The van der Waals surface area contributed by atoms with Crippen LogP contribution in [0.1, 0.15) is 81.9 Å². The van der Waals surface area contributed by atoms with Gasteiger partial charge in [-0.3, -0.25) is 9.69 Å². The Morgan fingerprint density at radius 2 is 1.95 bits per heavy atom. The van der Waals surface area contributed by atoms with Gasteiger partial charge >= 0.3 is 11.9 Å². The van der Waals surface area contributed by atoms with E-state index in [0.29, 0.717) is 36.8 Å². The van der Waals surface area contributed by atoms with Gasteiger partial charge in [0.05, 0.1) is 19.6 Å². The number of hydrogen-bond acceptors (Lipinski definition) is 10. The second-order valence-corrected chi connectivity index (χ2v) is 12.2. The summed E-state index contributed by atoms with van der Waals surface area (Å²) in [6, 6.07) is 3.99. The van der Waals surface area contributed by atoms with Gasteiger partial charge in [-0.2, -0.15) is 0 Å². The zero-order valence-electron chi connectivity index (χ0n) is 23.2. The first-order valence-electron chi connectivity index (χ1n) is 14.1. The summed E-state index contributed by atoms with van der Waals surface area (Å²) in [5, 5.41) is 11.6. The summed E-state index contributed by atoms with van der Waals surface area (Å²) in [4.78, 5) is 28.7. The highest BCUT2D eigenvalue weighted by Gasteiger charge is 2.72. The zero-order valence-corrected chi connectivity index (χ0v) is 23.2. The monoisotopic (exact) mass is 545 g/mol. The maximum atomic E-state index is 13.9. The van der Waals surface area contributed by atoms with Gasteiger partial charge in [-0.25, -0.2) is 4.79 Å². The van der Waals surface area contributed by atoms with Gasteiger partial charge in [0.25, 0.3) is 0 Å². The Bertz CT molecular complexity index is 1160. The van der Waals surface area contributed by atoms with Crippen LogP contribution < -0.4 is 9.47 Å². The molecule has 214 valence electrons. The normalized spacial score (nSPS) is 33.4. The molecule has 3 fully saturated rings. The van der Waals surface area contributed by atoms with Gasteiger partial charge in [0.1, 0.15) is 0 Å². The topological polar surface area (TPSA) is 113 Å². The Labute approximate surface area is 228 Å². The van der Waals surface area contributed by atoms with Crippen LogP contribution in [0.15, 0.2) is 12.1 Å². The number of aliphatic hydroxyl groups is 1.